The molecule has 1 aliphatic rings. The molecule has 0 amide bonds. The van der Waals surface area contributed by atoms with Crippen molar-refractivity contribution in [3.8, 4) is 33.8 Å². The molecule has 0 atom stereocenters. The highest BCUT2D eigenvalue weighted by Crippen LogP contribution is 2.44. The van der Waals surface area contributed by atoms with E-state index in [1.54, 1.807) is 0 Å². The van der Waals surface area contributed by atoms with Crippen molar-refractivity contribution in [2.45, 2.75) is 39.3 Å². The van der Waals surface area contributed by atoms with Gasteiger partial charge in [0.15, 0.2) is 11.6 Å². The Kier molecular flexibility index (Phi) is 5.63. The topological polar surface area (TPSA) is 42.9 Å². The highest BCUT2D eigenvalue weighted by molar-refractivity contribution is 7.00. The molecular weight excluding hydrogens is 497 g/mol. The van der Waals surface area contributed by atoms with E-state index in [4.69, 9.17) is 9.97 Å². The third kappa shape index (κ3) is 3.80. The van der Waals surface area contributed by atoms with Gasteiger partial charge in [-0.25, -0.2) is 9.97 Å². The molecule has 38 heavy (non-hydrogen) atoms. The molecule has 0 aliphatic heterocycles. The number of aromatic nitrogens is 2. The van der Waals surface area contributed by atoms with Crippen LogP contribution < -0.4 is 10.4 Å². The SMILES string of the molecule is C[Si](C)(C)c1c2c(c3c(-c4ccccc4)nc(-c4ccccc4)nc3c1[Si](C)(C)C)-c1ccccc1C2=O. The molecule has 0 saturated carbocycles. The van der Waals surface area contributed by atoms with Crippen molar-refractivity contribution in [3.63, 3.8) is 0 Å². The van der Waals surface area contributed by atoms with Crippen LogP contribution in [0.1, 0.15) is 15.9 Å². The zero-order valence-corrected chi connectivity index (χ0v) is 24.9. The van der Waals surface area contributed by atoms with Crippen LogP contribution in [-0.4, -0.2) is 31.9 Å². The third-order valence-electron chi connectivity index (χ3n) is 7.39. The Morgan fingerprint density at radius 2 is 1.08 bits per heavy atom. The van der Waals surface area contributed by atoms with Crippen LogP contribution in [0.3, 0.4) is 0 Å². The minimum absolute atomic E-state index is 0.153. The van der Waals surface area contributed by atoms with E-state index >= 15 is 0 Å². The zero-order valence-electron chi connectivity index (χ0n) is 22.9. The fraction of sp³-hybridized carbons (Fsp3) is 0.182. The number of nitrogens with zero attached hydrogens (tertiary/aromatic N) is 2. The monoisotopic (exact) mass is 528 g/mol. The average Bonchev–Trinajstić information content (AvgIpc) is 3.19. The standard InChI is InChI=1S/C33H32N2OSi2/c1-37(2,3)31-27-25(23-19-13-14-20-24(23)30(27)36)26-28(21-15-9-7-10-16-21)34-33(22-17-11-8-12-18-22)35-29(26)32(31)38(4,5)6/h7-20H,1-6H3. The van der Waals surface area contributed by atoms with E-state index in [2.05, 4.69) is 81.7 Å². The molecule has 0 unspecified atom stereocenters. The minimum Gasteiger partial charge on any atom is -0.289 e. The molecule has 188 valence electrons. The lowest BCUT2D eigenvalue weighted by Crippen LogP contribution is -2.58. The quantitative estimate of drug-likeness (QED) is 0.226. The van der Waals surface area contributed by atoms with Gasteiger partial charge >= 0.3 is 0 Å². The second kappa shape index (κ2) is 8.68. The van der Waals surface area contributed by atoms with Crippen molar-refractivity contribution in [1.29, 1.82) is 0 Å². The molecule has 0 bridgehead atoms. The fourth-order valence-electron chi connectivity index (χ4n) is 5.90. The van der Waals surface area contributed by atoms with E-state index in [0.717, 1.165) is 55.8 Å². The van der Waals surface area contributed by atoms with Gasteiger partial charge in [0.1, 0.15) is 0 Å². The number of hydrogen-bond acceptors (Lipinski definition) is 3. The lowest BCUT2D eigenvalue weighted by Gasteiger charge is -2.32. The molecular formula is C33H32N2OSi2. The Morgan fingerprint density at radius 3 is 1.66 bits per heavy atom. The summed E-state index contributed by atoms with van der Waals surface area (Å²) >= 11 is 0. The van der Waals surface area contributed by atoms with Gasteiger partial charge in [0.25, 0.3) is 0 Å². The average molecular weight is 529 g/mol. The Bertz CT molecular complexity index is 1730. The van der Waals surface area contributed by atoms with E-state index in [1.165, 1.54) is 10.4 Å². The molecule has 5 heteroatoms. The molecule has 0 saturated heterocycles. The van der Waals surface area contributed by atoms with Gasteiger partial charge in [0.05, 0.1) is 27.4 Å². The van der Waals surface area contributed by atoms with Gasteiger partial charge in [-0.15, -0.1) is 0 Å². The number of ketones is 1. The number of fused-ring (bicyclic) bond motifs is 5. The van der Waals surface area contributed by atoms with Crippen LogP contribution in [0.5, 0.6) is 0 Å². The first kappa shape index (κ1) is 24.6. The van der Waals surface area contributed by atoms with Gasteiger partial charge in [-0.2, -0.15) is 0 Å². The Balaban J connectivity index is 1.92. The van der Waals surface area contributed by atoms with Crippen molar-refractivity contribution in [2.24, 2.45) is 0 Å². The predicted octanol–water partition coefficient (Wildman–Crippen LogP) is 7.27. The maximum atomic E-state index is 14.2. The molecule has 0 N–H and O–H groups in total. The van der Waals surface area contributed by atoms with E-state index < -0.39 is 16.1 Å². The highest BCUT2D eigenvalue weighted by Gasteiger charge is 2.41. The summed E-state index contributed by atoms with van der Waals surface area (Å²) in [6, 6.07) is 28.7. The van der Waals surface area contributed by atoms with Gasteiger partial charge < -0.3 is 0 Å². The maximum Gasteiger partial charge on any atom is 0.194 e. The molecule has 4 aromatic carbocycles. The van der Waals surface area contributed by atoms with E-state index in [1.807, 2.05) is 42.5 Å². The highest BCUT2D eigenvalue weighted by atomic mass is 28.3. The van der Waals surface area contributed by atoms with E-state index in [0.29, 0.717) is 0 Å². The van der Waals surface area contributed by atoms with Gasteiger partial charge in [0, 0.05) is 33.2 Å². The molecule has 0 radical (unpaired) electrons. The summed E-state index contributed by atoms with van der Waals surface area (Å²) < 4.78 is 0. The summed E-state index contributed by atoms with van der Waals surface area (Å²) in [7, 11) is -3.97. The molecule has 1 aromatic heterocycles. The summed E-state index contributed by atoms with van der Waals surface area (Å²) in [5.41, 5.74) is 7.70. The Labute approximate surface area is 226 Å². The van der Waals surface area contributed by atoms with Crippen LogP contribution in [0.25, 0.3) is 44.7 Å². The molecule has 1 aliphatic carbocycles. The summed E-state index contributed by atoms with van der Waals surface area (Å²) in [4.78, 5) is 24.8. The number of hydrogen-bond donors (Lipinski definition) is 0. The van der Waals surface area contributed by atoms with Gasteiger partial charge in [-0.05, 0) is 15.9 Å². The Morgan fingerprint density at radius 1 is 0.553 bits per heavy atom. The van der Waals surface area contributed by atoms with Crippen molar-refractivity contribution in [2.75, 3.05) is 0 Å². The summed E-state index contributed by atoms with van der Waals surface area (Å²) in [5.74, 6) is 0.885. The van der Waals surface area contributed by atoms with E-state index in [-0.39, 0.29) is 5.78 Å². The third-order valence-corrected chi connectivity index (χ3v) is 11.6. The Hall–Kier alpha value is -3.68. The summed E-state index contributed by atoms with van der Waals surface area (Å²) in [6.07, 6.45) is 0. The van der Waals surface area contributed by atoms with Crippen LogP contribution in [0.2, 0.25) is 39.3 Å². The first-order valence-electron chi connectivity index (χ1n) is 13.2. The minimum atomic E-state index is -1.98. The largest absolute Gasteiger partial charge is 0.289 e. The zero-order chi connectivity index (χ0) is 26.8. The van der Waals surface area contributed by atoms with Gasteiger partial charge in [0.2, 0.25) is 0 Å². The van der Waals surface area contributed by atoms with Gasteiger partial charge in [-0.1, -0.05) is 124 Å². The number of carbonyl (C=O) groups excluding carboxylic acids is 1. The van der Waals surface area contributed by atoms with Crippen LogP contribution in [0.4, 0.5) is 0 Å². The van der Waals surface area contributed by atoms with Crippen LogP contribution >= 0.6 is 0 Å². The number of benzene rings is 4. The smallest absolute Gasteiger partial charge is 0.194 e. The second-order valence-corrected chi connectivity index (χ2v) is 22.2. The normalized spacial score (nSPS) is 13.1. The molecule has 0 spiro atoms. The molecule has 6 rings (SSSR count). The molecule has 3 nitrogen and oxygen atoms in total. The van der Waals surface area contributed by atoms with Gasteiger partial charge in [-0.3, -0.25) is 4.79 Å². The summed E-state index contributed by atoms with van der Waals surface area (Å²) in [5, 5.41) is 3.63. The number of carbonyl (C=O) groups is 1. The maximum absolute atomic E-state index is 14.2. The lowest BCUT2D eigenvalue weighted by atomic mass is 9.95. The first-order valence-corrected chi connectivity index (χ1v) is 20.2. The lowest BCUT2D eigenvalue weighted by molar-refractivity contribution is 0.104. The second-order valence-electron chi connectivity index (χ2n) is 12.2. The van der Waals surface area contributed by atoms with Crippen LogP contribution in [0.15, 0.2) is 84.9 Å². The predicted molar refractivity (Wildman–Crippen MR) is 165 cm³/mol. The molecule has 0 fully saturated rings. The fourth-order valence-corrected chi connectivity index (χ4v) is 11.8. The summed E-state index contributed by atoms with van der Waals surface area (Å²) in [6.45, 7) is 14.3. The van der Waals surface area contributed by atoms with Crippen molar-refractivity contribution in [3.05, 3.63) is 96.1 Å². The van der Waals surface area contributed by atoms with Crippen LogP contribution in [0, 0.1) is 0 Å². The van der Waals surface area contributed by atoms with Crippen LogP contribution in [-0.2, 0) is 0 Å². The van der Waals surface area contributed by atoms with Crippen molar-refractivity contribution >= 4 is 43.2 Å². The molecule has 1 heterocycles. The molecule has 5 aromatic rings. The number of rotatable bonds is 4. The first-order chi connectivity index (χ1) is 18.1. The van der Waals surface area contributed by atoms with E-state index in [9.17, 15) is 4.79 Å². The van der Waals surface area contributed by atoms with Crippen molar-refractivity contribution < 1.29 is 4.79 Å². The van der Waals surface area contributed by atoms with Crippen molar-refractivity contribution in [1.82, 2.24) is 9.97 Å².